The van der Waals surface area contributed by atoms with Crippen molar-refractivity contribution in [1.29, 1.82) is 0 Å². The van der Waals surface area contributed by atoms with Gasteiger partial charge in [-0.15, -0.1) is 0 Å². The van der Waals surface area contributed by atoms with Crippen molar-refractivity contribution in [2.45, 2.75) is 0 Å². The van der Waals surface area contributed by atoms with Crippen molar-refractivity contribution in [3.8, 4) is 22.3 Å². The lowest BCUT2D eigenvalue weighted by atomic mass is 9.93. The summed E-state index contributed by atoms with van der Waals surface area (Å²) < 4.78 is 5.55. The monoisotopic (exact) mass is 366 g/mol. The van der Waals surface area contributed by atoms with Crippen LogP contribution in [0, 0.1) is 0 Å². The zero-order chi connectivity index (χ0) is 17.4. The Morgan fingerprint density at radius 3 is 1.88 bits per heavy atom. The minimum Gasteiger partial charge on any atom is -0.421 e. The second-order valence-electron chi connectivity index (χ2n) is 5.64. The fourth-order valence-electron chi connectivity index (χ4n) is 3.00. The fraction of sp³-hybridized carbons (Fsp3) is 0. The maximum Gasteiger partial charge on any atom is 0.344 e. The first-order valence-corrected chi connectivity index (χ1v) is 8.47. The lowest BCUT2D eigenvalue weighted by molar-refractivity contribution is 0.564. The predicted octanol–water partition coefficient (Wildman–Crippen LogP) is 6.43. The van der Waals surface area contributed by atoms with Gasteiger partial charge in [0.1, 0.15) is 0 Å². The molecule has 1 heterocycles. The first-order valence-electron chi connectivity index (χ1n) is 7.72. The number of halogens is 2. The molecule has 0 N–H and O–H groups in total. The molecule has 0 radical (unpaired) electrons. The molecule has 0 saturated carbocycles. The van der Waals surface area contributed by atoms with E-state index in [4.69, 9.17) is 27.6 Å². The summed E-state index contributed by atoms with van der Waals surface area (Å²) in [5, 5.41) is 1.51. The highest BCUT2D eigenvalue weighted by Gasteiger charge is 2.19. The Bertz CT molecular complexity index is 1120. The summed E-state index contributed by atoms with van der Waals surface area (Å²) in [5.74, 6) is 0. The number of hydrogen-bond acceptors (Lipinski definition) is 2. The van der Waals surface area contributed by atoms with Gasteiger partial charge >= 0.3 is 5.63 Å². The summed E-state index contributed by atoms with van der Waals surface area (Å²) in [7, 11) is 0. The lowest BCUT2D eigenvalue weighted by Crippen LogP contribution is -2.06. The van der Waals surface area contributed by atoms with Crippen LogP contribution in [0.5, 0.6) is 0 Å². The van der Waals surface area contributed by atoms with Crippen LogP contribution in [0.25, 0.3) is 33.2 Å². The van der Waals surface area contributed by atoms with Gasteiger partial charge in [0.2, 0.25) is 0 Å². The smallest absolute Gasteiger partial charge is 0.344 e. The molecular weight excluding hydrogens is 355 g/mol. The minimum absolute atomic E-state index is 0.316. The Balaban J connectivity index is 2.22. The van der Waals surface area contributed by atoms with Crippen LogP contribution >= 0.6 is 23.2 Å². The van der Waals surface area contributed by atoms with Gasteiger partial charge in [0.05, 0.1) is 10.6 Å². The number of benzene rings is 3. The Labute approximate surface area is 154 Å². The van der Waals surface area contributed by atoms with Crippen molar-refractivity contribution in [2.75, 3.05) is 0 Å². The van der Waals surface area contributed by atoms with Gasteiger partial charge in [-0.05, 0) is 23.3 Å². The van der Waals surface area contributed by atoms with Gasteiger partial charge in [0, 0.05) is 16.0 Å². The molecule has 0 atom stereocenters. The molecule has 0 saturated heterocycles. The van der Waals surface area contributed by atoms with Crippen molar-refractivity contribution < 1.29 is 4.42 Å². The van der Waals surface area contributed by atoms with Gasteiger partial charge in [-0.1, -0.05) is 83.9 Å². The summed E-state index contributed by atoms with van der Waals surface area (Å²) in [4.78, 5) is 12.8. The van der Waals surface area contributed by atoms with Gasteiger partial charge in [0.15, 0.2) is 5.58 Å². The summed E-state index contributed by atoms with van der Waals surface area (Å²) in [6, 6.07) is 22.5. The van der Waals surface area contributed by atoms with E-state index in [-0.39, 0.29) is 0 Å². The normalized spacial score (nSPS) is 11.0. The molecule has 0 fully saturated rings. The van der Waals surface area contributed by atoms with Gasteiger partial charge in [-0.3, -0.25) is 0 Å². The quantitative estimate of drug-likeness (QED) is 0.382. The van der Waals surface area contributed by atoms with Crippen LogP contribution in [0.2, 0.25) is 10.0 Å². The van der Waals surface area contributed by atoms with Crippen molar-refractivity contribution >= 4 is 34.2 Å². The molecule has 0 spiro atoms. The molecule has 1 aromatic heterocycles. The maximum atomic E-state index is 12.8. The molecule has 0 aliphatic heterocycles. The first kappa shape index (κ1) is 15.9. The predicted molar refractivity (Wildman–Crippen MR) is 103 cm³/mol. The molecule has 25 heavy (non-hydrogen) atoms. The van der Waals surface area contributed by atoms with E-state index in [0.29, 0.717) is 26.6 Å². The molecule has 0 amide bonds. The van der Waals surface area contributed by atoms with Crippen molar-refractivity contribution in [1.82, 2.24) is 0 Å². The van der Waals surface area contributed by atoms with Crippen LogP contribution in [0.1, 0.15) is 0 Å². The van der Waals surface area contributed by atoms with Crippen LogP contribution in [-0.2, 0) is 0 Å². The standard InChI is InChI=1S/C21H12Cl2O2/c22-15-11-16-18(13-7-3-1-4-8-13)19(14-9-5-2-6-10-14)21(24)25-20(16)17(23)12-15/h1-12H. The molecule has 4 heteroatoms. The van der Waals surface area contributed by atoms with E-state index >= 15 is 0 Å². The molecule has 122 valence electrons. The first-order chi connectivity index (χ1) is 12.1. The second kappa shape index (κ2) is 6.40. The van der Waals surface area contributed by atoms with E-state index in [1.807, 2.05) is 60.7 Å². The molecule has 0 unspecified atom stereocenters. The van der Waals surface area contributed by atoms with Crippen molar-refractivity contribution in [3.05, 3.63) is 93.3 Å². The fourth-order valence-corrected chi connectivity index (χ4v) is 3.53. The van der Waals surface area contributed by atoms with Gasteiger partial charge in [-0.25, -0.2) is 4.79 Å². The Kier molecular flexibility index (Phi) is 4.08. The van der Waals surface area contributed by atoms with E-state index in [9.17, 15) is 4.79 Å². The Morgan fingerprint density at radius 1 is 0.720 bits per heavy atom. The molecule has 4 rings (SSSR count). The number of rotatable bonds is 2. The summed E-state index contributed by atoms with van der Waals surface area (Å²) in [6.07, 6.45) is 0. The highest BCUT2D eigenvalue weighted by Crippen LogP contribution is 2.39. The highest BCUT2D eigenvalue weighted by molar-refractivity contribution is 6.38. The zero-order valence-electron chi connectivity index (χ0n) is 13.0. The average Bonchev–Trinajstić information content (AvgIpc) is 2.63. The van der Waals surface area contributed by atoms with Crippen LogP contribution in [-0.4, -0.2) is 0 Å². The summed E-state index contributed by atoms with van der Waals surface area (Å²) in [6.45, 7) is 0. The highest BCUT2D eigenvalue weighted by atomic mass is 35.5. The van der Waals surface area contributed by atoms with Gasteiger partial charge in [-0.2, -0.15) is 0 Å². The third-order valence-electron chi connectivity index (χ3n) is 4.05. The van der Waals surface area contributed by atoms with Crippen molar-refractivity contribution in [2.24, 2.45) is 0 Å². The van der Waals surface area contributed by atoms with E-state index in [1.54, 1.807) is 12.1 Å². The average molecular weight is 367 g/mol. The van der Waals surface area contributed by atoms with Crippen LogP contribution in [0.4, 0.5) is 0 Å². The van der Waals surface area contributed by atoms with Crippen LogP contribution in [0.15, 0.2) is 82.0 Å². The van der Waals surface area contributed by atoms with E-state index in [1.165, 1.54) is 0 Å². The second-order valence-corrected chi connectivity index (χ2v) is 6.48. The minimum atomic E-state index is -0.429. The van der Waals surface area contributed by atoms with E-state index < -0.39 is 5.63 Å². The van der Waals surface area contributed by atoms with Crippen LogP contribution in [0.3, 0.4) is 0 Å². The molecule has 0 aliphatic carbocycles. The van der Waals surface area contributed by atoms with Crippen LogP contribution < -0.4 is 5.63 Å². The molecule has 2 nitrogen and oxygen atoms in total. The Hall–Kier alpha value is -2.55. The lowest BCUT2D eigenvalue weighted by Gasteiger charge is -2.13. The number of hydrogen-bond donors (Lipinski definition) is 0. The van der Waals surface area contributed by atoms with Gasteiger partial charge < -0.3 is 4.42 Å². The maximum absolute atomic E-state index is 12.8. The van der Waals surface area contributed by atoms with Gasteiger partial charge in [0.25, 0.3) is 0 Å². The molecule has 0 aliphatic rings. The topological polar surface area (TPSA) is 30.2 Å². The number of fused-ring (bicyclic) bond motifs is 1. The van der Waals surface area contributed by atoms with Crippen molar-refractivity contribution in [3.63, 3.8) is 0 Å². The SMILES string of the molecule is O=c1oc2c(Cl)cc(Cl)cc2c(-c2ccccc2)c1-c1ccccc1. The third kappa shape index (κ3) is 2.84. The molecular formula is C21H12Cl2O2. The summed E-state index contributed by atoms with van der Waals surface area (Å²) >= 11 is 12.5. The van der Waals surface area contributed by atoms with E-state index in [2.05, 4.69) is 0 Å². The Morgan fingerprint density at radius 2 is 1.28 bits per heavy atom. The summed E-state index contributed by atoms with van der Waals surface area (Å²) in [5.41, 5.74) is 2.86. The third-order valence-corrected chi connectivity index (χ3v) is 4.55. The zero-order valence-corrected chi connectivity index (χ0v) is 14.5. The van der Waals surface area contributed by atoms with E-state index in [0.717, 1.165) is 16.7 Å². The molecule has 4 aromatic rings. The molecule has 3 aromatic carbocycles. The molecule has 0 bridgehead atoms. The largest absolute Gasteiger partial charge is 0.421 e.